The van der Waals surface area contributed by atoms with Crippen LogP contribution in [-0.2, 0) is 0 Å². The summed E-state index contributed by atoms with van der Waals surface area (Å²) < 4.78 is 0. The van der Waals surface area contributed by atoms with E-state index >= 15 is 0 Å². The minimum absolute atomic E-state index is 0.0304. The van der Waals surface area contributed by atoms with Gasteiger partial charge in [-0.2, -0.15) is 5.26 Å². The highest BCUT2D eigenvalue weighted by molar-refractivity contribution is 9.09. The molecular formula is C7H11BrClN. The van der Waals surface area contributed by atoms with E-state index in [4.69, 9.17) is 16.9 Å². The van der Waals surface area contributed by atoms with Crippen LogP contribution in [0.5, 0.6) is 0 Å². The molecule has 0 aliphatic carbocycles. The molecule has 0 aromatic carbocycles. The maximum Gasteiger partial charge on any atom is 0.101 e. The highest BCUT2D eigenvalue weighted by atomic mass is 79.9. The lowest BCUT2D eigenvalue weighted by Crippen LogP contribution is -1.92. The minimum atomic E-state index is 0.0304. The smallest absolute Gasteiger partial charge is 0.101 e. The van der Waals surface area contributed by atoms with Gasteiger partial charge in [0.25, 0.3) is 0 Å². The molecule has 0 heterocycles. The molecule has 0 radical (unpaired) electrons. The van der Waals surface area contributed by atoms with Crippen molar-refractivity contribution in [1.29, 1.82) is 5.26 Å². The molecule has 3 heteroatoms. The molecule has 10 heavy (non-hydrogen) atoms. The molecule has 0 amide bonds. The van der Waals surface area contributed by atoms with E-state index in [2.05, 4.69) is 22.0 Å². The topological polar surface area (TPSA) is 23.8 Å². The Hall–Kier alpha value is 0.260. The summed E-state index contributed by atoms with van der Waals surface area (Å²) in [5.74, 6) is 0.736. The van der Waals surface area contributed by atoms with E-state index in [-0.39, 0.29) is 4.83 Å². The number of nitrogens with zero attached hydrogens (tertiary/aromatic N) is 1. The number of alkyl halides is 2. The van der Waals surface area contributed by atoms with Gasteiger partial charge in [-0.3, -0.25) is 0 Å². The average molecular weight is 225 g/mol. The quantitative estimate of drug-likeness (QED) is 0.520. The van der Waals surface area contributed by atoms with E-state index in [0.717, 1.165) is 31.6 Å². The molecule has 1 nitrogen and oxygen atoms in total. The molecule has 0 aliphatic heterocycles. The fourth-order valence-corrected chi connectivity index (χ4v) is 1.17. The Labute approximate surface area is 75.5 Å². The fraction of sp³-hybridized carbons (Fsp3) is 0.857. The van der Waals surface area contributed by atoms with Crippen molar-refractivity contribution >= 4 is 27.5 Å². The van der Waals surface area contributed by atoms with Gasteiger partial charge >= 0.3 is 0 Å². The Bertz CT molecular complexity index is 111. The summed E-state index contributed by atoms with van der Waals surface area (Å²) >= 11 is 8.71. The number of unbranched alkanes of at least 4 members (excludes halogenated alkanes) is 2. The summed E-state index contributed by atoms with van der Waals surface area (Å²) in [7, 11) is 0. The number of rotatable bonds is 5. The van der Waals surface area contributed by atoms with Crippen LogP contribution in [0.1, 0.15) is 25.7 Å². The van der Waals surface area contributed by atoms with Gasteiger partial charge in [-0.05, 0) is 12.8 Å². The second kappa shape index (κ2) is 7.37. The van der Waals surface area contributed by atoms with E-state index < -0.39 is 0 Å². The first-order valence-electron chi connectivity index (χ1n) is 3.41. The molecule has 0 rings (SSSR count). The summed E-state index contributed by atoms with van der Waals surface area (Å²) in [6.07, 6.45) is 4.23. The molecule has 0 bridgehead atoms. The summed E-state index contributed by atoms with van der Waals surface area (Å²) in [6.45, 7) is 0. The summed E-state index contributed by atoms with van der Waals surface area (Å²) in [4.78, 5) is 0.0304. The normalized spacial score (nSPS) is 12.5. The van der Waals surface area contributed by atoms with Gasteiger partial charge in [0, 0.05) is 5.88 Å². The SMILES string of the molecule is N#CC(Br)CCCCCCl. The van der Waals surface area contributed by atoms with Crippen molar-refractivity contribution in [1.82, 2.24) is 0 Å². The van der Waals surface area contributed by atoms with Crippen molar-refractivity contribution in [3.05, 3.63) is 0 Å². The summed E-state index contributed by atoms with van der Waals surface area (Å²) in [5.41, 5.74) is 0. The molecule has 1 atom stereocenters. The highest BCUT2D eigenvalue weighted by Gasteiger charge is 1.99. The third-order valence-corrected chi connectivity index (χ3v) is 2.16. The van der Waals surface area contributed by atoms with Crippen LogP contribution >= 0.6 is 27.5 Å². The van der Waals surface area contributed by atoms with Gasteiger partial charge in [-0.1, -0.05) is 28.8 Å². The van der Waals surface area contributed by atoms with Gasteiger partial charge in [0.15, 0.2) is 0 Å². The molecule has 0 saturated carbocycles. The van der Waals surface area contributed by atoms with Gasteiger partial charge in [0.1, 0.15) is 4.83 Å². The predicted molar refractivity (Wildman–Crippen MR) is 47.5 cm³/mol. The van der Waals surface area contributed by atoms with Crippen LogP contribution in [0.4, 0.5) is 0 Å². The zero-order valence-corrected chi connectivity index (χ0v) is 8.16. The van der Waals surface area contributed by atoms with Crippen LogP contribution in [0.15, 0.2) is 0 Å². The maximum atomic E-state index is 8.37. The van der Waals surface area contributed by atoms with E-state index in [1.807, 2.05) is 0 Å². The van der Waals surface area contributed by atoms with Crippen LogP contribution in [-0.4, -0.2) is 10.7 Å². The molecule has 0 fully saturated rings. The third-order valence-electron chi connectivity index (χ3n) is 1.23. The van der Waals surface area contributed by atoms with Crippen LogP contribution in [0.2, 0.25) is 0 Å². The zero-order chi connectivity index (χ0) is 7.82. The lowest BCUT2D eigenvalue weighted by Gasteiger charge is -1.98. The Morgan fingerprint density at radius 3 is 2.60 bits per heavy atom. The molecular weight excluding hydrogens is 213 g/mol. The van der Waals surface area contributed by atoms with Gasteiger partial charge in [-0.25, -0.2) is 0 Å². The van der Waals surface area contributed by atoms with Crippen LogP contribution < -0.4 is 0 Å². The molecule has 0 aromatic rings. The Kier molecular flexibility index (Phi) is 7.56. The molecule has 0 aliphatic rings. The van der Waals surface area contributed by atoms with E-state index in [1.165, 1.54) is 0 Å². The van der Waals surface area contributed by atoms with Crippen LogP contribution in [0.3, 0.4) is 0 Å². The standard InChI is InChI=1S/C7H11BrClN/c8-7(6-10)4-2-1-3-5-9/h7H,1-5H2. The van der Waals surface area contributed by atoms with Crippen LogP contribution in [0.25, 0.3) is 0 Å². The second-order valence-electron chi connectivity index (χ2n) is 2.13. The highest BCUT2D eigenvalue weighted by Crippen LogP contribution is 2.09. The Morgan fingerprint density at radius 2 is 2.10 bits per heavy atom. The van der Waals surface area contributed by atoms with E-state index in [1.54, 1.807) is 0 Å². The third kappa shape index (κ3) is 6.38. The fourth-order valence-electron chi connectivity index (χ4n) is 0.659. The monoisotopic (exact) mass is 223 g/mol. The first-order chi connectivity index (χ1) is 4.81. The van der Waals surface area contributed by atoms with Crippen molar-refractivity contribution in [2.45, 2.75) is 30.5 Å². The molecule has 0 N–H and O–H groups in total. The number of hydrogen-bond donors (Lipinski definition) is 0. The van der Waals surface area contributed by atoms with Crippen molar-refractivity contribution in [2.24, 2.45) is 0 Å². The van der Waals surface area contributed by atoms with Crippen molar-refractivity contribution in [3.63, 3.8) is 0 Å². The van der Waals surface area contributed by atoms with Crippen molar-refractivity contribution < 1.29 is 0 Å². The van der Waals surface area contributed by atoms with E-state index in [0.29, 0.717) is 0 Å². The lowest BCUT2D eigenvalue weighted by atomic mass is 10.2. The largest absolute Gasteiger partial charge is 0.197 e. The Balaban J connectivity index is 2.98. The zero-order valence-electron chi connectivity index (χ0n) is 5.82. The van der Waals surface area contributed by atoms with Gasteiger partial charge in [0.05, 0.1) is 6.07 Å². The Morgan fingerprint density at radius 1 is 1.40 bits per heavy atom. The van der Waals surface area contributed by atoms with E-state index in [9.17, 15) is 0 Å². The molecule has 0 spiro atoms. The first-order valence-corrected chi connectivity index (χ1v) is 4.86. The first kappa shape index (κ1) is 10.3. The lowest BCUT2D eigenvalue weighted by molar-refractivity contribution is 0.689. The van der Waals surface area contributed by atoms with Gasteiger partial charge in [-0.15, -0.1) is 11.6 Å². The predicted octanol–water partition coefficient (Wildman–Crippen LogP) is 3.07. The van der Waals surface area contributed by atoms with Crippen molar-refractivity contribution in [2.75, 3.05) is 5.88 Å². The molecule has 58 valence electrons. The summed E-state index contributed by atoms with van der Waals surface area (Å²) in [6, 6.07) is 2.13. The molecule has 1 unspecified atom stereocenters. The van der Waals surface area contributed by atoms with Gasteiger partial charge < -0.3 is 0 Å². The number of halogens is 2. The van der Waals surface area contributed by atoms with Crippen LogP contribution in [0, 0.1) is 11.3 Å². The maximum absolute atomic E-state index is 8.37. The molecule has 0 saturated heterocycles. The minimum Gasteiger partial charge on any atom is -0.197 e. The van der Waals surface area contributed by atoms with Gasteiger partial charge in [0.2, 0.25) is 0 Å². The second-order valence-corrected chi connectivity index (χ2v) is 3.62. The average Bonchev–Trinajstić information content (AvgIpc) is 1.98. The van der Waals surface area contributed by atoms with Crippen molar-refractivity contribution in [3.8, 4) is 6.07 Å². The summed E-state index contributed by atoms with van der Waals surface area (Å²) in [5, 5.41) is 8.37. The number of hydrogen-bond acceptors (Lipinski definition) is 1. The molecule has 0 aromatic heterocycles. The number of nitriles is 1.